The Morgan fingerprint density at radius 2 is 2.21 bits per heavy atom. The van der Waals surface area contributed by atoms with Crippen molar-refractivity contribution in [1.29, 1.82) is 0 Å². The molecular formula is C18H17Cl2N5O3. The van der Waals surface area contributed by atoms with Gasteiger partial charge in [-0.05, 0) is 25.3 Å². The molecule has 1 aliphatic heterocycles. The summed E-state index contributed by atoms with van der Waals surface area (Å²) in [6, 6.07) is 3.46. The highest BCUT2D eigenvalue weighted by Crippen LogP contribution is 2.38. The van der Waals surface area contributed by atoms with Gasteiger partial charge >= 0.3 is 0 Å². The minimum absolute atomic E-state index is 0.125. The smallest absolute Gasteiger partial charge is 0.286 e. The highest BCUT2D eigenvalue weighted by molar-refractivity contribution is 6.45. The summed E-state index contributed by atoms with van der Waals surface area (Å²) in [6.45, 7) is 0.700. The second-order valence-corrected chi connectivity index (χ2v) is 7.19. The Bertz CT molecular complexity index is 1040. The van der Waals surface area contributed by atoms with Gasteiger partial charge in [0.1, 0.15) is 11.9 Å². The van der Waals surface area contributed by atoms with Crippen molar-refractivity contribution >= 4 is 46.4 Å². The minimum atomic E-state index is -0.521. The number of H-pyrrole nitrogens is 1. The van der Waals surface area contributed by atoms with E-state index in [0.717, 1.165) is 30.2 Å². The number of rotatable bonds is 5. The van der Waals surface area contributed by atoms with Crippen LogP contribution in [0.4, 0.5) is 0 Å². The van der Waals surface area contributed by atoms with Crippen molar-refractivity contribution in [2.24, 2.45) is 0 Å². The quantitative estimate of drug-likeness (QED) is 0.433. The van der Waals surface area contributed by atoms with Crippen molar-refractivity contribution in [3.8, 4) is 11.1 Å². The van der Waals surface area contributed by atoms with Crippen LogP contribution in [-0.4, -0.2) is 33.7 Å². The van der Waals surface area contributed by atoms with Gasteiger partial charge in [-0.15, -0.1) is 0 Å². The molecular weight excluding hydrogens is 405 g/mol. The molecule has 146 valence electrons. The van der Waals surface area contributed by atoms with E-state index in [1.54, 1.807) is 23.0 Å². The summed E-state index contributed by atoms with van der Waals surface area (Å²) in [5, 5.41) is 5.82. The molecule has 3 heterocycles. The van der Waals surface area contributed by atoms with Crippen molar-refractivity contribution in [2.45, 2.75) is 25.5 Å². The van der Waals surface area contributed by atoms with Crippen LogP contribution in [0, 0.1) is 0 Å². The molecule has 0 aliphatic carbocycles. The average Bonchev–Trinajstić information content (AvgIpc) is 3.34. The lowest BCUT2D eigenvalue weighted by molar-refractivity contribution is -0.110. The molecule has 4 rings (SSSR count). The number of amides is 2. The van der Waals surface area contributed by atoms with Crippen LogP contribution in [0.5, 0.6) is 0 Å². The van der Waals surface area contributed by atoms with Gasteiger partial charge in [-0.3, -0.25) is 20.4 Å². The van der Waals surface area contributed by atoms with Crippen molar-refractivity contribution in [3.63, 3.8) is 0 Å². The number of ether oxygens (including phenoxy) is 1. The zero-order valence-corrected chi connectivity index (χ0v) is 16.2. The van der Waals surface area contributed by atoms with Crippen molar-refractivity contribution in [1.82, 2.24) is 25.6 Å². The first-order chi connectivity index (χ1) is 13.6. The number of benzene rings is 1. The molecule has 8 nitrogen and oxygen atoms in total. The van der Waals surface area contributed by atoms with Crippen molar-refractivity contribution < 1.29 is 14.3 Å². The van der Waals surface area contributed by atoms with Crippen LogP contribution in [-0.2, 0) is 9.53 Å². The number of fused-ring (bicyclic) bond motifs is 1. The molecule has 0 spiro atoms. The second kappa shape index (κ2) is 7.83. The molecule has 3 aromatic rings. The van der Waals surface area contributed by atoms with Crippen LogP contribution >= 0.6 is 23.2 Å². The Balaban J connectivity index is 1.82. The monoisotopic (exact) mass is 421 g/mol. The Morgan fingerprint density at radius 1 is 1.36 bits per heavy atom. The van der Waals surface area contributed by atoms with Gasteiger partial charge in [-0.1, -0.05) is 29.3 Å². The molecule has 1 saturated heterocycles. The number of hydrazine groups is 1. The maximum Gasteiger partial charge on any atom is 0.286 e. The summed E-state index contributed by atoms with van der Waals surface area (Å²) in [6.07, 6.45) is 6.76. The predicted molar refractivity (Wildman–Crippen MR) is 105 cm³/mol. The number of aromatic nitrogens is 3. The number of aromatic amines is 1. The SMILES string of the molecule is O=CNNC(=O)c1[nH]c2c(Cl)c(Cl)ccc2c1-c1cnn(C2CCCCO2)c1. The number of carbonyl (C=O) groups excluding carboxylic acids is 2. The number of carbonyl (C=O) groups is 2. The molecule has 2 aromatic heterocycles. The first kappa shape index (κ1) is 18.8. The molecule has 10 heteroatoms. The van der Waals surface area contributed by atoms with Crippen molar-refractivity contribution in [2.75, 3.05) is 6.61 Å². The molecule has 3 N–H and O–H groups in total. The van der Waals surface area contributed by atoms with Gasteiger partial charge in [0.05, 0.1) is 21.8 Å². The van der Waals surface area contributed by atoms with Crippen LogP contribution in [0.15, 0.2) is 24.5 Å². The highest BCUT2D eigenvalue weighted by Gasteiger charge is 2.24. The van der Waals surface area contributed by atoms with Gasteiger partial charge < -0.3 is 9.72 Å². The van der Waals surface area contributed by atoms with Gasteiger partial charge in [0, 0.05) is 29.3 Å². The summed E-state index contributed by atoms with van der Waals surface area (Å²) in [4.78, 5) is 26.1. The topological polar surface area (TPSA) is 101 Å². The standard InChI is InChI=1S/C18H17Cl2N5O3/c19-12-5-4-11-14(10-7-22-25(8-10)13-3-1-2-6-28-13)17(18(27)24-21-9-26)23-16(11)15(12)20/h4-5,7-9,13,23H,1-3,6H2,(H,21,26)(H,24,27). The third kappa shape index (κ3) is 3.34. The Morgan fingerprint density at radius 3 is 2.96 bits per heavy atom. The molecule has 1 aliphatic rings. The summed E-state index contributed by atoms with van der Waals surface area (Å²) in [5.74, 6) is -0.521. The largest absolute Gasteiger partial charge is 0.357 e. The Labute approximate surface area is 170 Å². The summed E-state index contributed by atoms with van der Waals surface area (Å²) < 4.78 is 7.53. The fourth-order valence-electron chi connectivity index (χ4n) is 3.39. The summed E-state index contributed by atoms with van der Waals surface area (Å²) >= 11 is 12.4. The van der Waals surface area contributed by atoms with Gasteiger partial charge in [-0.2, -0.15) is 5.10 Å². The molecule has 1 aromatic carbocycles. The molecule has 2 amide bonds. The molecule has 1 atom stereocenters. The molecule has 0 radical (unpaired) electrons. The fraction of sp³-hybridized carbons (Fsp3) is 0.278. The lowest BCUT2D eigenvalue weighted by Crippen LogP contribution is -2.36. The maximum atomic E-state index is 12.6. The lowest BCUT2D eigenvalue weighted by atomic mass is 10.0. The van der Waals surface area contributed by atoms with Gasteiger partial charge in [0.2, 0.25) is 6.41 Å². The average molecular weight is 422 g/mol. The van der Waals surface area contributed by atoms with E-state index in [2.05, 4.69) is 20.9 Å². The van der Waals surface area contributed by atoms with E-state index in [9.17, 15) is 9.59 Å². The number of hydrogen-bond donors (Lipinski definition) is 3. The lowest BCUT2D eigenvalue weighted by Gasteiger charge is -2.22. The zero-order valence-electron chi connectivity index (χ0n) is 14.7. The van der Waals surface area contributed by atoms with Crippen LogP contribution < -0.4 is 10.9 Å². The molecule has 28 heavy (non-hydrogen) atoms. The van der Waals surface area contributed by atoms with Gasteiger partial charge in [0.15, 0.2) is 0 Å². The molecule has 0 saturated carbocycles. The van der Waals surface area contributed by atoms with E-state index in [0.29, 0.717) is 34.1 Å². The Hall–Kier alpha value is -2.55. The Kier molecular flexibility index (Phi) is 5.25. The number of hydrogen-bond acceptors (Lipinski definition) is 4. The third-order valence-corrected chi connectivity index (χ3v) is 5.48. The number of nitrogens with zero attached hydrogens (tertiary/aromatic N) is 2. The number of nitrogens with one attached hydrogen (secondary N) is 3. The highest BCUT2D eigenvalue weighted by atomic mass is 35.5. The summed E-state index contributed by atoms with van der Waals surface area (Å²) in [7, 11) is 0. The van der Waals surface area contributed by atoms with E-state index in [-0.39, 0.29) is 11.9 Å². The van der Waals surface area contributed by atoms with Crippen LogP contribution in [0.3, 0.4) is 0 Å². The maximum absolute atomic E-state index is 12.6. The molecule has 0 bridgehead atoms. The first-order valence-electron chi connectivity index (χ1n) is 8.75. The fourth-order valence-corrected chi connectivity index (χ4v) is 3.76. The third-order valence-electron chi connectivity index (χ3n) is 4.68. The molecule has 1 unspecified atom stereocenters. The zero-order chi connectivity index (χ0) is 19.7. The number of halogens is 2. The van der Waals surface area contributed by atoms with E-state index >= 15 is 0 Å². The van der Waals surface area contributed by atoms with Crippen LogP contribution in [0.2, 0.25) is 10.0 Å². The minimum Gasteiger partial charge on any atom is -0.357 e. The second-order valence-electron chi connectivity index (χ2n) is 6.41. The normalized spacial score (nSPS) is 16.9. The first-order valence-corrected chi connectivity index (χ1v) is 9.51. The predicted octanol–water partition coefficient (Wildman–Crippen LogP) is 3.43. The van der Waals surface area contributed by atoms with Crippen LogP contribution in [0.25, 0.3) is 22.0 Å². The summed E-state index contributed by atoms with van der Waals surface area (Å²) in [5.41, 5.74) is 6.55. The van der Waals surface area contributed by atoms with Crippen molar-refractivity contribution in [3.05, 3.63) is 40.3 Å². The van der Waals surface area contributed by atoms with E-state index in [1.807, 2.05) is 6.20 Å². The van der Waals surface area contributed by atoms with Crippen LogP contribution in [0.1, 0.15) is 36.0 Å². The molecule has 1 fully saturated rings. The van der Waals surface area contributed by atoms with Gasteiger partial charge in [-0.25, -0.2) is 4.68 Å². The van der Waals surface area contributed by atoms with E-state index in [4.69, 9.17) is 27.9 Å². The van der Waals surface area contributed by atoms with E-state index in [1.165, 1.54) is 0 Å². The van der Waals surface area contributed by atoms with E-state index < -0.39 is 5.91 Å². The van der Waals surface area contributed by atoms with Gasteiger partial charge in [0.25, 0.3) is 5.91 Å².